The molecule has 0 saturated carbocycles. The van der Waals surface area contributed by atoms with Gasteiger partial charge >= 0.3 is 0 Å². The highest BCUT2D eigenvalue weighted by Gasteiger charge is 2.35. The molecule has 0 aliphatic heterocycles. The molecule has 41 heavy (non-hydrogen) atoms. The molecule has 0 bridgehead atoms. The largest absolute Gasteiger partial charge is 0.495 e. The van der Waals surface area contributed by atoms with Crippen molar-refractivity contribution in [1.29, 1.82) is 0 Å². The summed E-state index contributed by atoms with van der Waals surface area (Å²) in [5.41, 5.74) is 0.642. The van der Waals surface area contributed by atoms with E-state index in [-0.39, 0.29) is 46.3 Å². The molecule has 0 aliphatic carbocycles. The van der Waals surface area contributed by atoms with Crippen LogP contribution in [0.15, 0.2) is 77.7 Å². The number of halogens is 2. The van der Waals surface area contributed by atoms with Crippen molar-refractivity contribution in [3.63, 3.8) is 0 Å². The molecule has 220 valence electrons. The number of carbonyl (C=O) groups is 2. The fourth-order valence-electron chi connectivity index (χ4n) is 4.24. The van der Waals surface area contributed by atoms with Crippen LogP contribution < -0.4 is 14.4 Å². The lowest BCUT2D eigenvalue weighted by molar-refractivity contribution is -0.140. The third-order valence-electron chi connectivity index (χ3n) is 6.67. The van der Waals surface area contributed by atoms with Gasteiger partial charge in [0.25, 0.3) is 10.0 Å². The predicted molar refractivity (Wildman–Crippen MR) is 158 cm³/mol. The van der Waals surface area contributed by atoms with Gasteiger partial charge in [0.15, 0.2) is 0 Å². The summed E-state index contributed by atoms with van der Waals surface area (Å²) >= 11 is 6.25. The summed E-state index contributed by atoms with van der Waals surface area (Å²) in [6.07, 6.45) is 0.951. The molecule has 0 unspecified atom stereocenters. The van der Waals surface area contributed by atoms with Gasteiger partial charge in [-0.1, -0.05) is 55.8 Å². The molecule has 2 atom stereocenters. The van der Waals surface area contributed by atoms with E-state index in [4.69, 9.17) is 16.3 Å². The van der Waals surface area contributed by atoms with E-state index >= 15 is 0 Å². The number of benzene rings is 3. The van der Waals surface area contributed by atoms with E-state index in [1.165, 1.54) is 60.5 Å². The molecule has 0 spiro atoms. The first-order chi connectivity index (χ1) is 19.5. The topological polar surface area (TPSA) is 96.0 Å². The quantitative estimate of drug-likeness (QED) is 0.282. The fraction of sp³-hybridized carbons (Fsp3) is 0.333. The summed E-state index contributed by atoms with van der Waals surface area (Å²) in [5, 5.41) is 3.16. The van der Waals surface area contributed by atoms with Crippen molar-refractivity contribution in [2.24, 2.45) is 0 Å². The number of hydrogen-bond acceptors (Lipinski definition) is 5. The van der Waals surface area contributed by atoms with Crippen molar-refractivity contribution in [3.05, 3.63) is 89.2 Å². The lowest BCUT2D eigenvalue weighted by atomic mass is 10.1. The number of rotatable bonds is 13. The first kappa shape index (κ1) is 31.9. The molecule has 0 fully saturated rings. The van der Waals surface area contributed by atoms with Gasteiger partial charge in [0.2, 0.25) is 11.8 Å². The molecule has 0 aliphatic rings. The lowest BCUT2D eigenvalue weighted by Gasteiger charge is -2.34. The molecule has 0 heterocycles. The van der Waals surface area contributed by atoms with Crippen molar-refractivity contribution < 1.29 is 27.1 Å². The number of amides is 2. The second-order valence-electron chi connectivity index (χ2n) is 9.53. The first-order valence-electron chi connectivity index (χ1n) is 13.3. The zero-order chi connectivity index (χ0) is 30.2. The van der Waals surface area contributed by atoms with E-state index < -0.39 is 34.3 Å². The second kappa shape index (κ2) is 14.3. The van der Waals surface area contributed by atoms with Gasteiger partial charge in [-0.05, 0) is 67.8 Å². The van der Waals surface area contributed by atoms with E-state index in [1.54, 1.807) is 31.2 Å². The van der Waals surface area contributed by atoms with Gasteiger partial charge in [0.05, 0.1) is 17.7 Å². The molecule has 0 saturated heterocycles. The molecule has 3 aromatic rings. The number of carbonyl (C=O) groups excluding carboxylic acids is 2. The van der Waals surface area contributed by atoms with Crippen LogP contribution in [-0.2, 0) is 26.2 Å². The maximum atomic E-state index is 14.1. The van der Waals surface area contributed by atoms with Gasteiger partial charge < -0.3 is 15.0 Å². The van der Waals surface area contributed by atoms with E-state index in [0.29, 0.717) is 12.0 Å². The smallest absolute Gasteiger partial charge is 0.264 e. The molecule has 0 radical (unpaired) electrons. The molecule has 11 heteroatoms. The maximum Gasteiger partial charge on any atom is 0.264 e. The van der Waals surface area contributed by atoms with Crippen molar-refractivity contribution in [2.45, 2.75) is 57.1 Å². The average Bonchev–Trinajstić information content (AvgIpc) is 2.96. The van der Waals surface area contributed by atoms with Crippen LogP contribution >= 0.6 is 11.6 Å². The summed E-state index contributed by atoms with van der Waals surface area (Å²) in [4.78, 5) is 28.7. The van der Waals surface area contributed by atoms with Gasteiger partial charge in [0.1, 0.15) is 24.2 Å². The lowest BCUT2D eigenvalue weighted by Crippen LogP contribution is -2.53. The SMILES string of the molecule is CC[C@@H](C)NC(=O)[C@@H](CC)N(Cc1ccc(F)cc1)C(=O)CN(c1cc(Cl)ccc1OC)S(=O)(=O)c1ccccc1. The van der Waals surface area contributed by atoms with Crippen LogP contribution in [0.1, 0.15) is 39.2 Å². The molecule has 0 aromatic heterocycles. The standard InChI is InChI=1S/C30H35ClFN3O5S/c1-5-21(3)33-30(37)26(6-2)34(19-22-12-15-24(32)16-13-22)29(36)20-35(27-18-23(31)14-17-28(27)40-4)41(38,39)25-10-8-7-9-11-25/h7-18,21,26H,5-6,19-20H2,1-4H3,(H,33,37)/t21-,26-/m1/s1. The number of methoxy groups -OCH3 is 1. The minimum atomic E-state index is -4.29. The Balaban J connectivity index is 2.11. The number of nitrogens with zero attached hydrogens (tertiary/aromatic N) is 2. The van der Waals surface area contributed by atoms with Crippen LogP contribution in [0.4, 0.5) is 10.1 Å². The Labute approximate surface area is 246 Å². The molecular formula is C30H35ClFN3O5S. The minimum absolute atomic E-state index is 0.0403. The Morgan fingerprint density at radius 3 is 2.24 bits per heavy atom. The molecule has 8 nitrogen and oxygen atoms in total. The maximum absolute atomic E-state index is 14.1. The van der Waals surface area contributed by atoms with Gasteiger partial charge in [-0.25, -0.2) is 12.8 Å². The van der Waals surface area contributed by atoms with E-state index in [0.717, 1.165) is 4.31 Å². The van der Waals surface area contributed by atoms with Crippen molar-refractivity contribution in [2.75, 3.05) is 18.0 Å². The number of anilines is 1. The van der Waals surface area contributed by atoms with Gasteiger partial charge in [-0.2, -0.15) is 0 Å². The number of sulfonamides is 1. The summed E-state index contributed by atoms with van der Waals surface area (Å²) in [6, 6.07) is 16.7. The predicted octanol–water partition coefficient (Wildman–Crippen LogP) is 5.41. The Bertz CT molecular complexity index is 1440. The molecule has 2 amide bonds. The van der Waals surface area contributed by atoms with Crippen LogP contribution in [0.5, 0.6) is 5.75 Å². The van der Waals surface area contributed by atoms with Crippen LogP contribution in [0.25, 0.3) is 0 Å². The highest BCUT2D eigenvalue weighted by molar-refractivity contribution is 7.92. The van der Waals surface area contributed by atoms with Crippen LogP contribution in [-0.4, -0.2) is 50.9 Å². The number of ether oxygens (including phenoxy) is 1. The molecule has 3 aromatic carbocycles. The Morgan fingerprint density at radius 1 is 1.00 bits per heavy atom. The van der Waals surface area contributed by atoms with Gasteiger partial charge in [0, 0.05) is 17.6 Å². The monoisotopic (exact) mass is 603 g/mol. The van der Waals surface area contributed by atoms with Crippen LogP contribution in [0.3, 0.4) is 0 Å². The van der Waals surface area contributed by atoms with Gasteiger partial charge in [-0.15, -0.1) is 0 Å². The zero-order valence-electron chi connectivity index (χ0n) is 23.5. The molecular weight excluding hydrogens is 569 g/mol. The summed E-state index contributed by atoms with van der Waals surface area (Å²) < 4.78 is 47.9. The highest BCUT2D eigenvalue weighted by Crippen LogP contribution is 2.35. The van der Waals surface area contributed by atoms with Crippen LogP contribution in [0, 0.1) is 5.82 Å². The van der Waals surface area contributed by atoms with E-state index in [2.05, 4.69) is 5.32 Å². The third kappa shape index (κ3) is 7.98. The number of nitrogens with one attached hydrogen (secondary N) is 1. The zero-order valence-corrected chi connectivity index (χ0v) is 25.1. The fourth-order valence-corrected chi connectivity index (χ4v) is 5.84. The summed E-state index contributed by atoms with van der Waals surface area (Å²) in [6.45, 7) is 4.86. The average molecular weight is 604 g/mol. The third-order valence-corrected chi connectivity index (χ3v) is 8.68. The van der Waals surface area contributed by atoms with E-state index in [1.807, 2.05) is 13.8 Å². The van der Waals surface area contributed by atoms with Crippen molar-refractivity contribution in [1.82, 2.24) is 10.2 Å². The summed E-state index contributed by atoms with van der Waals surface area (Å²) in [7, 11) is -2.91. The first-order valence-corrected chi connectivity index (χ1v) is 15.1. The number of hydrogen-bond donors (Lipinski definition) is 1. The van der Waals surface area contributed by atoms with E-state index in [9.17, 15) is 22.4 Å². The minimum Gasteiger partial charge on any atom is -0.495 e. The molecule has 1 N–H and O–H groups in total. The highest BCUT2D eigenvalue weighted by atomic mass is 35.5. The Hall–Kier alpha value is -3.63. The van der Waals surface area contributed by atoms with Crippen molar-refractivity contribution in [3.8, 4) is 5.75 Å². The van der Waals surface area contributed by atoms with Gasteiger partial charge in [-0.3, -0.25) is 13.9 Å². The Morgan fingerprint density at radius 2 is 1.66 bits per heavy atom. The summed E-state index contributed by atoms with van der Waals surface area (Å²) in [5.74, 6) is -1.26. The molecule has 3 rings (SSSR count). The normalized spacial score (nSPS) is 12.7. The van der Waals surface area contributed by atoms with Crippen LogP contribution in [0.2, 0.25) is 5.02 Å². The second-order valence-corrected chi connectivity index (χ2v) is 11.8. The Kier molecular flexibility index (Phi) is 11.1. The van der Waals surface area contributed by atoms with Crippen molar-refractivity contribution >= 4 is 39.1 Å².